The van der Waals surface area contributed by atoms with Gasteiger partial charge in [0.15, 0.2) is 0 Å². The van der Waals surface area contributed by atoms with E-state index in [0.717, 1.165) is 0 Å². The van der Waals surface area contributed by atoms with E-state index in [4.69, 9.17) is 0 Å². The zero-order valence-corrected chi connectivity index (χ0v) is 13.3. The fourth-order valence-electron chi connectivity index (χ4n) is 1.85. The number of hydrogen-bond acceptors (Lipinski definition) is 5. The van der Waals surface area contributed by atoms with Gasteiger partial charge in [-0.15, -0.1) is 11.3 Å². The Morgan fingerprint density at radius 2 is 2.00 bits per heavy atom. The Bertz CT molecular complexity index is 698. The summed E-state index contributed by atoms with van der Waals surface area (Å²) in [6, 6.07) is 9.98. The largest absolute Gasteiger partial charge is 0.465 e. The van der Waals surface area contributed by atoms with Crippen LogP contribution in [0.25, 0.3) is 0 Å². The first kappa shape index (κ1) is 16.7. The topological polar surface area (TPSA) is 84.5 Å². The second-order valence-corrected chi connectivity index (χ2v) is 5.55. The molecule has 0 saturated carbocycles. The molecule has 0 aliphatic heterocycles. The van der Waals surface area contributed by atoms with Crippen LogP contribution in [0.5, 0.6) is 0 Å². The zero-order valence-electron chi connectivity index (χ0n) is 12.5. The molecule has 6 nitrogen and oxygen atoms in total. The molecule has 0 radical (unpaired) electrons. The summed E-state index contributed by atoms with van der Waals surface area (Å²) in [4.78, 5) is 35.6. The molecule has 0 aliphatic carbocycles. The number of esters is 1. The van der Waals surface area contributed by atoms with Gasteiger partial charge in [-0.2, -0.15) is 0 Å². The van der Waals surface area contributed by atoms with E-state index >= 15 is 0 Å². The monoisotopic (exact) mass is 332 g/mol. The Morgan fingerprint density at radius 1 is 1.17 bits per heavy atom. The summed E-state index contributed by atoms with van der Waals surface area (Å²) in [5.74, 6) is -0.914. The minimum Gasteiger partial charge on any atom is -0.465 e. The minimum absolute atomic E-state index is 0.138. The molecule has 2 rings (SSSR count). The van der Waals surface area contributed by atoms with Crippen molar-refractivity contribution in [3.05, 3.63) is 52.2 Å². The van der Waals surface area contributed by atoms with E-state index in [1.54, 1.807) is 30.3 Å². The lowest BCUT2D eigenvalue weighted by Gasteiger charge is -2.07. The molecule has 0 saturated heterocycles. The van der Waals surface area contributed by atoms with Crippen LogP contribution >= 0.6 is 11.3 Å². The molecular formula is C16H16N2O4S. The number of hydrogen-bond donors (Lipinski definition) is 2. The highest BCUT2D eigenvalue weighted by Crippen LogP contribution is 2.12. The molecule has 2 N–H and O–H groups in total. The van der Waals surface area contributed by atoms with Crippen LogP contribution in [0.3, 0.4) is 0 Å². The van der Waals surface area contributed by atoms with Gasteiger partial charge in [0, 0.05) is 18.7 Å². The molecular weight excluding hydrogens is 316 g/mol. The molecule has 2 amide bonds. The van der Waals surface area contributed by atoms with Crippen LogP contribution < -0.4 is 10.6 Å². The summed E-state index contributed by atoms with van der Waals surface area (Å²) >= 11 is 1.34. The highest BCUT2D eigenvalue weighted by molar-refractivity contribution is 7.12. The number of anilines is 1. The van der Waals surface area contributed by atoms with Crippen molar-refractivity contribution in [2.24, 2.45) is 0 Å². The van der Waals surface area contributed by atoms with Crippen molar-refractivity contribution in [2.75, 3.05) is 19.0 Å². The lowest BCUT2D eigenvalue weighted by molar-refractivity contribution is -0.116. The molecule has 0 spiro atoms. The zero-order chi connectivity index (χ0) is 16.7. The molecule has 0 aliphatic rings. The highest BCUT2D eigenvalue weighted by atomic mass is 32.1. The van der Waals surface area contributed by atoms with Crippen molar-refractivity contribution in [3.63, 3.8) is 0 Å². The van der Waals surface area contributed by atoms with Crippen LogP contribution in [0.15, 0.2) is 41.8 Å². The van der Waals surface area contributed by atoms with Crippen LogP contribution in [0.2, 0.25) is 0 Å². The molecule has 23 heavy (non-hydrogen) atoms. The van der Waals surface area contributed by atoms with Crippen LogP contribution in [-0.4, -0.2) is 31.4 Å². The third-order valence-corrected chi connectivity index (χ3v) is 3.82. The van der Waals surface area contributed by atoms with E-state index in [2.05, 4.69) is 15.4 Å². The predicted octanol–water partition coefficient (Wildman–Crippen LogP) is 2.29. The molecule has 2 aromatic rings. The molecule has 0 bridgehead atoms. The molecule has 0 fully saturated rings. The van der Waals surface area contributed by atoms with Crippen LogP contribution in [0.1, 0.15) is 26.5 Å². The van der Waals surface area contributed by atoms with E-state index < -0.39 is 5.97 Å². The minimum atomic E-state index is -0.468. The number of nitrogens with one attached hydrogen (secondary N) is 2. The molecule has 7 heteroatoms. The number of methoxy groups -OCH3 is 1. The van der Waals surface area contributed by atoms with E-state index in [9.17, 15) is 14.4 Å². The number of thiophene rings is 1. The lowest BCUT2D eigenvalue weighted by Crippen LogP contribution is -2.27. The quantitative estimate of drug-likeness (QED) is 0.795. The Morgan fingerprint density at radius 3 is 2.70 bits per heavy atom. The Labute approximate surface area is 137 Å². The second-order valence-electron chi connectivity index (χ2n) is 4.60. The van der Waals surface area contributed by atoms with Gasteiger partial charge in [0.05, 0.1) is 17.6 Å². The lowest BCUT2D eigenvalue weighted by atomic mass is 10.2. The Balaban J connectivity index is 1.81. The van der Waals surface area contributed by atoms with Gasteiger partial charge in [0.25, 0.3) is 5.91 Å². The standard InChI is InChI=1S/C16H16N2O4S/c1-22-16(21)11-4-2-5-12(10-11)18-14(19)7-8-17-15(20)13-6-3-9-23-13/h2-6,9-10H,7-8H2,1H3,(H,17,20)(H,18,19). The molecule has 1 aromatic heterocycles. The van der Waals surface area contributed by atoms with E-state index in [1.807, 2.05) is 5.38 Å². The van der Waals surface area contributed by atoms with Gasteiger partial charge in [0.2, 0.25) is 5.91 Å². The van der Waals surface area contributed by atoms with Gasteiger partial charge in [-0.05, 0) is 29.6 Å². The van der Waals surface area contributed by atoms with Gasteiger partial charge in [-0.3, -0.25) is 9.59 Å². The van der Waals surface area contributed by atoms with E-state index in [0.29, 0.717) is 16.1 Å². The summed E-state index contributed by atoms with van der Waals surface area (Å²) in [6.45, 7) is 0.235. The molecule has 1 heterocycles. The number of carbonyl (C=O) groups excluding carboxylic acids is 3. The summed E-state index contributed by atoms with van der Waals surface area (Å²) in [5.41, 5.74) is 0.860. The SMILES string of the molecule is COC(=O)c1cccc(NC(=O)CCNC(=O)c2cccs2)c1. The number of carbonyl (C=O) groups is 3. The predicted molar refractivity (Wildman–Crippen MR) is 87.7 cm³/mol. The van der Waals surface area contributed by atoms with Gasteiger partial charge in [-0.1, -0.05) is 12.1 Å². The fourth-order valence-corrected chi connectivity index (χ4v) is 2.49. The van der Waals surface area contributed by atoms with Crippen molar-refractivity contribution in [1.82, 2.24) is 5.32 Å². The van der Waals surface area contributed by atoms with Gasteiger partial charge in [0.1, 0.15) is 0 Å². The third-order valence-electron chi connectivity index (χ3n) is 2.95. The van der Waals surface area contributed by atoms with E-state index in [1.165, 1.54) is 24.5 Å². The second kappa shape index (κ2) is 8.09. The van der Waals surface area contributed by atoms with Crippen LogP contribution in [-0.2, 0) is 9.53 Å². The number of benzene rings is 1. The van der Waals surface area contributed by atoms with Crippen molar-refractivity contribution in [2.45, 2.75) is 6.42 Å². The van der Waals surface area contributed by atoms with Gasteiger partial charge < -0.3 is 15.4 Å². The number of ether oxygens (including phenoxy) is 1. The summed E-state index contributed by atoms with van der Waals surface area (Å²) in [7, 11) is 1.30. The maximum absolute atomic E-state index is 11.9. The molecule has 0 unspecified atom stereocenters. The Kier molecular flexibility index (Phi) is 5.87. The molecule has 1 aromatic carbocycles. The van der Waals surface area contributed by atoms with Crippen molar-refractivity contribution >= 4 is 34.8 Å². The van der Waals surface area contributed by atoms with Gasteiger partial charge >= 0.3 is 5.97 Å². The first-order valence-corrected chi connectivity index (χ1v) is 7.78. The summed E-state index contributed by atoms with van der Waals surface area (Å²) in [6.07, 6.45) is 0.138. The smallest absolute Gasteiger partial charge is 0.337 e. The third kappa shape index (κ3) is 4.93. The number of rotatable bonds is 6. The maximum Gasteiger partial charge on any atom is 0.337 e. The first-order chi connectivity index (χ1) is 11.1. The number of amides is 2. The summed E-state index contributed by atoms with van der Waals surface area (Å²) < 4.78 is 4.62. The normalized spacial score (nSPS) is 9.96. The summed E-state index contributed by atoms with van der Waals surface area (Å²) in [5, 5.41) is 7.17. The first-order valence-electron chi connectivity index (χ1n) is 6.90. The molecule has 120 valence electrons. The van der Waals surface area contributed by atoms with Crippen molar-refractivity contribution in [3.8, 4) is 0 Å². The molecule has 0 atom stereocenters. The average Bonchev–Trinajstić information content (AvgIpc) is 3.08. The average molecular weight is 332 g/mol. The highest BCUT2D eigenvalue weighted by Gasteiger charge is 2.09. The van der Waals surface area contributed by atoms with Crippen molar-refractivity contribution < 1.29 is 19.1 Å². The van der Waals surface area contributed by atoms with E-state index in [-0.39, 0.29) is 24.8 Å². The van der Waals surface area contributed by atoms with Crippen LogP contribution in [0, 0.1) is 0 Å². The van der Waals surface area contributed by atoms with Crippen LogP contribution in [0.4, 0.5) is 5.69 Å². The van der Waals surface area contributed by atoms with Crippen molar-refractivity contribution in [1.29, 1.82) is 0 Å². The maximum atomic E-state index is 11.9. The Hall–Kier alpha value is -2.67. The van der Waals surface area contributed by atoms with Gasteiger partial charge in [-0.25, -0.2) is 4.79 Å². The fraction of sp³-hybridized carbons (Fsp3) is 0.188.